The van der Waals surface area contributed by atoms with Gasteiger partial charge in [-0.1, -0.05) is 18.2 Å². The third kappa shape index (κ3) is 4.60. The Balaban J connectivity index is 2.57. The Morgan fingerprint density at radius 1 is 1.39 bits per heavy atom. The van der Waals surface area contributed by atoms with Gasteiger partial charge >= 0.3 is 16.3 Å². The summed E-state index contributed by atoms with van der Waals surface area (Å²) in [6.07, 6.45) is -1.05. The molecule has 0 saturated carbocycles. The molecule has 1 amide bonds. The molecular formula is C10H14N2O5S. The SMILES string of the molecule is CCOC(=O)NS(=O)(=O)NCc1ccccc1O. The molecule has 1 rings (SSSR count). The van der Waals surface area contributed by atoms with E-state index in [1.807, 2.05) is 0 Å². The Labute approximate surface area is 105 Å². The quantitative estimate of drug-likeness (QED) is 0.724. The summed E-state index contributed by atoms with van der Waals surface area (Å²) < 4.78 is 31.0. The number of benzene rings is 1. The molecule has 0 aromatic heterocycles. The lowest BCUT2D eigenvalue weighted by Gasteiger charge is -2.08. The number of hydrogen-bond donors (Lipinski definition) is 3. The number of carbonyl (C=O) groups is 1. The highest BCUT2D eigenvalue weighted by Gasteiger charge is 2.14. The highest BCUT2D eigenvalue weighted by Crippen LogP contribution is 2.14. The minimum Gasteiger partial charge on any atom is -0.508 e. The maximum atomic E-state index is 11.4. The molecule has 0 bridgehead atoms. The Bertz CT molecular complexity index is 515. The maximum Gasteiger partial charge on any atom is 0.421 e. The van der Waals surface area contributed by atoms with Crippen LogP contribution in [0.3, 0.4) is 0 Å². The minimum atomic E-state index is -4.00. The van der Waals surface area contributed by atoms with Gasteiger partial charge in [0, 0.05) is 12.1 Å². The molecule has 0 aliphatic rings. The van der Waals surface area contributed by atoms with Gasteiger partial charge in [0.05, 0.1) is 6.61 Å². The molecule has 0 aliphatic heterocycles. The van der Waals surface area contributed by atoms with E-state index in [2.05, 4.69) is 9.46 Å². The van der Waals surface area contributed by atoms with E-state index in [9.17, 15) is 18.3 Å². The van der Waals surface area contributed by atoms with Gasteiger partial charge in [-0.05, 0) is 13.0 Å². The predicted molar refractivity (Wildman–Crippen MR) is 64.0 cm³/mol. The fourth-order valence-electron chi connectivity index (χ4n) is 1.14. The second-order valence-corrected chi connectivity index (χ2v) is 4.78. The highest BCUT2D eigenvalue weighted by molar-refractivity contribution is 7.88. The van der Waals surface area contributed by atoms with E-state index < -0.39 is 16.3 Å². The van der Waals surface area contributed by atoms with Crippen molar-refractivity contribution in [1.29, 1.82) is 0 Å². The van der Waals surface area contributed by atoms with Crippen LogP contribution in [0.5, 0.6) is 5.75 Å². The van der Waals surface area contributed by atoms with Crippen molar-refractivity contribution < 1.29 is 23.1 Å². The number of rotatable bonds is 5. The zero-order valence-corrected chi connectivity index (χ0v) is 10.5. The van der Waals surface area contributed by atoms with E-state index in [-0.39, 0.29) is 18.9 Å². The molecule has 8 heteroatoms. The van der Waals surface area contributed by atoms with Gasteiger partial charge in [-0.3, -0.25) is 0 Å². The summed E-state index contributed by atoms with van der Waals surface area (Å²) in [5.41, 5.74) is 0.395. The van der Waals surface area contributed by atoms with Crippen LogP contribution in [0, 0.1) is 0 Å². The summed E-state index contributed by atoms with van der Waals surface area (Å²) in [4.78, 5) is 10.9. The summed E-state index contributed by atoms with van der Waals surface area (Å²) >= 11 is 0. The maximum absolute atomic E-state index is 11.4. The van der Waals surface area contributed by atoms with Gasteiger partial charge < -0.3 is 9.84 Å². The Morgan fingerprint density at radius 2 is 2.06 bits per heavy atom. The van der Waals surface area contributed by atoms with E-state index in [1.54, 1.807) is 29.8 Å². The van der Waals surface area contributed by atoms with Gasteiger partial charge in [-0.2, -0.15) is 13.1 Å². The van der Waals surface area contributed by atoms with Crippen LogP contribution < -0.4 is 9.44 Å². The number of hydrogen-bond acceptors (Lipinski definition) is 5. The first-order valence-corrected chi connectivity index (χ1v) is 6.64. The second-order valence-electron chi connectivity index (χ2n) is 3.28. The Kier molecular flexibility index (Phi) is 4.93. The number of phenolic OH excluding ortho intramolecular Hbond substituents is 1. The van der Waals surface area contributed by atoms with E-state index in [0.717, 1.165) is 0 Å². The predicted octanol–water partition coefficient (Wildman–Crippen LogP) is 0.473. The van der Waals surface area contributed by atoms with Crippen LogP contribution in [0.2, 0.25) is 0 Å². The van der Waals surface area contributed by atoms with Crippen LogP contribution in [0.25, 0.3) is 0 Å². The molecule has 1 aromatic carbocycles. The molecule has 3 N–H and O–H groups in total. The van der Waals surface area contributed by atoms with E-state index >= 15 is 0 Å². The van der Waals surface area contributed by atoms with Crippen LogP contribution in [0.4, 0.5) is 4.79 Å². The fourth-order valence-corrected chi connectivity index (χ4v) is 1.84. The largest absolute Gasteiger partial charge is 0.508 e. The first kappa shape index (κ1) is 14.3. The topological polar surface area (TPSA) is 105 Å². The van der Waals surface area contributed by atoms with Crippen LogP contribution in [0.1, 0.15) is 12.5 Å². The Morgan fingerprint density at radius 3 is 2.67 bits per heavy atom. The average Bonchev–Trinajstić information content (AvgIpc) is 2.27. The van der Waals surface area contributed by atoms with Crippen molar-refractivity contribution in [3.8, 4) is 5.75 Å². The minimum absolute atomic E-state index is 0.0312. The third-order valence-corrected chi connectivity index (χ3v) is 2.90. The summed E-state index contributed by atoms with van der Waals surface area (Å²) in [6.45, 7) is 1.49. The molecule has 0 unspecified atom stereocenters. The monoisotopic (exact) mass is 274 g/mol. The smallest absolute Gasteiger partial charge is 0.421 e. The summed E-state index contributed by atoms with van der Waals surface area (Å²) in [5.74, 6) is -0.0312. The van der Waals surface area contributed by atoms with Gasteiger partial charge in [0.1, 0.15) is 5.75 Å². The fraction of sp³-hybridized carbons (Fsp3) is 0.300. The van der Waals surface area contributed by atoms with Crippen molar-refractivity contribution >= 4 is 16.3 Å². The van der Waals surface area contributed by atoms with Crippen molar-refractivity contribution in [2.75, 3.05) is 6.61 Å². The standard InChI is InChI=1S/C10H14N2O5S/c1-2-17-10(14)12-18(15,16)11-7-8-5-3-4-6-9(8)13/h3-6,11,13H,2,7H2,1H3,(H,12,14). The van der Waals surface area contributed by atoms with Crippen LogP contribution in [-0.2, 0) is 21.5 Å². The van der Waals surface area contributed by atoms with Gasteiger partial charge in [0.15, 0.2) is 0 Å². The van der Waals surface area contributed by atoms with Crippen LogP contribution >= 0.6 is 0 Å². The first-order valence-electron chi connectivity index (χ1n) is 5.15. The van der Waals surface area contributed by atoms with Crippen LogP contribution in [0.15, 0.2) is 24.3 Å². The van der Waals surface area contributed by atoms with E-state index in [4.69, 9.17) is 0 Å². The number of amides is 1. The molecule has 7 nitrogen and oxygen atoms in total. The number of nitrogens with one attached hydrogen (secondary N) is 2. The molecule has 0 heterocycles. The third-order valence-electron chi connectivity index (χ3n) is 1.94. The lowest BCUT2D eigenvalue weighted by Crippen LogP contribution is -2.40. The molecule has 0 radical (unpaired) electrons. The number of phenols is 1. The summed E-state index contributed by atoms with van der Waals surface area (Å²) in [5, 5.41) is 9.43. The molecular weight excluding hydrogens is 260 g/mol. The van der Waals surface area contributed by atoms with Crippen molar-refractivity contribution in [1.82, 2.24) is 9.44 Å². The van der Waals surface area contributed by atoms with Crippen molar-refractivity contribution in [3.05, 3.63) is 29.8 Å². The van der Waals surface area contributed by atoms with Crippen molar-refractivity contribution in [2.45, 2.75) is 13.5 Å². The van der Waals surface area contributed by atoms with Crippen molar-refractivity contribution in [2.24, 2.45) is 0 Å². The number of ether oxygens (including phenoxy) is 1. The molecule has 0 saturated heterocycles. The lowest BCUT2D eigenvalue weighted by atomic mass is 10.2. The van der Waals surface area contributed by atoms with Gasteiger partial charge in [0.25, 0.3) is 0 Å². The summed E-state index contributed by atoms with van der Waals surface area (Å²) in [6, 6.07) is 6.26. The molecule has 18 heavy (non-hydrogen) atoms. The van der Waals surface area contributed by atoms with Gasteiger partial charge in [0.2, 0.25) is 0 Å². The van der Waals surface area contributed by atoms with Crippen LogP contribution in [-0.4, -0.2) is 26.2 Å². The number of aromatic hydroxyl groups is 1. The Hall–Kier alpha value is -1.80. The molecule has 0 atom stereocenters. The van der Waals surface area contributed by atoms with Crippen molar-refractivity contribution in [3.63, 3.8) is 0 Å². The molecule has 100 valence electrons. The van der Waals surface area contributed by atoms with Gasteiger partial charge in [-0.15, -0.1) is 0 Å². The molecule has 1 aromatic rings. The number of para-hydroxylation sites is 1. The average molecular weight is 274 g/mol. The first-order chi connectivity index (χ1) is 8.44. The lowest BCUT2D eigenvalue weighted by molar-refractivity contribution is 0.158. The zero-order valence-electron chi connectivity index (χ0n) is 9.71. The second kappa shape index (κ2) is 6.22. The van der Waals surface area contributed by atoms with E-state index in [1.165, 1.54) is 6.07 Å². The summed E-state index contributed by atoms with van der Waals surface area (Å²) in [7, 11) is -4.00. The molecule has 0 aliphatic carbocycles. The molecule has 0 fully saturated rings. The normalized spacial score (nSPS) is 10.9. The number of carbonyl (C=O) groups excluding carboxylic acids is 1. The zero-order chi connectivity index (χ0) is 13.6. The van der Waals surface area contributed by atoms with E-state index in [0.29, 0.717) is 5.56 Å². The molecule has 0 spiro atoms. The van der Waals surface area contributed by atoms with Gasteiger partial charge in [-0.25, -0.2) is 9.52 Å². The highest BCUT2D eigenvalue weighted by atomic mass is 32.2.